The number of methoxy groups -OCH3 is 2. The quantitative estimate of drug-likeness (QED) is 0.680. The Morgan fingerprint density at radius 3 is 2.66 bits per heavy atom. The number of nitrogens with zero attached hydrogens (tertiary/aromatic N) is 1. The maximum atomic E-state index is 12.7. The second-order valence-corrected chi connectivity index (χ2v) is 8.56. The lowest BCUT2D eigenvalue weighted by atomic mass is 9.84. The first-order valence-corrected chi connectivity index (χ1v) is 10.6. The Morgan fingerprint density at radius 1 is 1.24 bits per heavy atom. The van der Waals surface area contributed by atoms with E-state index in [1.807, 2.05) is 42.8 Å². The van der Waals surface area contributed by atoms with E-state index in [4.69, 9.17) is 9.47 Å². The Balaban J connectivity index is 1.67. The zero-order valence-corrected chi connectivity index (χ0v) is 18.0. The number of amides is 2. The van der Waals surface area contributed by atoms with E-state index in [0.717, 1.165) is 16.9 Å². The number of carbonyl (C=O) groups is 2. The Morgan fingerprint density at radius 2 is 2.03 bits per heavy atom. The van der Waals surface area contributed by atoms with Gasteiger partial charge in [-0.25, -0.2) is 0 Å². The molecule has 6 nitrogen and oxygen atoms in total. The van der Waals surface area contributed by atoms with Gasteiger partial charge in [-0.1, -0.05) is 12.1 Å². The predicted octanol–water partition coefficient (Wildman–Crippen LogP) is 3.40. The molecule has 0 aliphatic carbocycles. The van der Waals surface area contributed by atoms with Crippen LogP contribution in [0.5, 0.6) is 11.5 Å². The lowest BCUT2D eigenvalue weighted by Crippen LogP contribution is -2.44. The van der Waals surface area contributed by atoms with Crippen LogP contribution in [0.4, 0.5) is 0 Å². The minimum absolute atomic E-state index is 0.0462. The standard InChI is InChI=1S/C22H28N2O4S/c1-24(15-17-5-4-12-29-17)21(26)9-11-22(10-8-20(25)23-22)14-16-6-7-18(27-2)19(13-16)28-3/h4-7,12-13H,8-11,14-15H2,1-3H3,(H,23,25)/t22-/m0/s1. The Labute approximate surface area is 175 Å². The molecule has 1 saturated heterocycles. The molecule has 2 heterocycles. The molecule has 1 atom stereocenters. The third kappa shape index (κ3) is 5.29. The summed E-state index contributed by atoms with van der Waals surface area (Å²) in [4.78, 5) is 27.6. The highest BCUT2D eigenvalue weighted by Crippen LogP contribution is 2.33. The SMILES string of the molecule is COc1ccc(C[C@@]2(CCC(=O)N(C)Cc3cccs3)CCC(=O)N2)cc1OC. The summed E-state index contributed by atoms with van der Waals surface area (Å²) in [5.74, 6) is 1.47. The molecule has 1 aromatic carbocycles. The van der Waals surface area contributed by atoms with Gasteiger partial charge in [0.05, 0.1) is 20.8 Å². The molecule has 7 heteroatoms. The van der Waals surface area contributed by atoms with Gasteiger partial charge in [-0.05, 0) is 48.4 Å². The Kier molecular flexibility index (Phi) is 6.79. The zero-order chi connectivity index (χ0) is 20.9. The van der Waals surface area contributed by atoms with E-state index in [0.29, 0.717) is 43.7 Å². The minimum atomic E-state index is -0.407. The normalized spacial score (nSPS) is 18.4. The fraction of sp³-hybridized carbons (Fsp3) is 0.455. The van der Waals surface area contributed by atoms with E-state index >= 15 is 0 Å². The van der Waals surface area contributed by atoms with Crippen LogP contribution in [0.1, 0.15) is 36.1 Å². The fourth-order valence-electron chi connectivity index (χ4n) is 3.82. The van der Waals surface area contributed by atoms with E-state index in [9.17, 15) is 9.59 Å². The number of carbonyl (C=O) groups excluding carboxylic acids is 2. The molecular weight excluding hydrogens is 388 g/mol. The summed E-state index contributed by atoms with van der Waals surface area (Å²) in [5.41, 5.74) is 0.639. The molecular formula is C22H28N2O4S. The fourth-order valence-corrected chi connectivity index (χ4v) is 4.58. The summed E-state index contributed by atoms with van der Waals surface area (Å²) in [6.45, 7) is 0.617. The second kappa shape index (κ2) is 9.31. The first-order valence-electron chi connectivity index (χ1n) is 9.73. The molecule has 3 rings (SSSR count). The summed E-state index contributed by atoms with van der Waals surface area (Å²) in [6.07, 6.45) is 2.88. The van der Waals surface area contributed by atoms with Crippen molar-refractivity contribution < 1.29 is 19.1 Å². The number of rotatable bonds is 9. The first-order chi connectivity index (χ1) is 13.9. The molecule has 156 valence electrons. The van der Waals surface area contributed by atoms with Crippen LogP contribution >= 0.6 is 11.3 Å². The van der Waals surface area contributed by atoms with Crippen LogP contribution in [0.2, 0.25) is 0 Å². The second-order valence-electron chi connectivity index (χ2n) is 7.52. The van der Waals surface area contributed by atoms with Gasteiger partial charge in [0.1, 0.15) is 0 Å². The molecule has 0 saturated carbocycles. The number of thiophene rings is 1. The number of hydrogen-bond donors (Lipinski definition) is 1. The average molecular weight is 417 g/mol. The van der Waals surface area contributed by atoms with Crippen molar-refractivity contribution in [1.29, 1.82) is 0 Å². The first kappa shape index (κ1) is 21.2. The summed E-state index contributed by atoms with van der Waals surface area (Å²) in [5, 5.41) is 5.16. The molecule has 0 bridgehead atoms. The summed E-state index contributed by atoms with van der Waals surface area (Å²) in [6, 6.07) is 9.82. The summed E-state index contributed by atoms with van der Waals surface area (Å²) < 4.78 is 10.7. The van der Waals surface area contributed by atoms with Crippen LogP contribution < -0.4 is 14.8 Å². The third-order valence-electron chi connectivity index (χ3n) is 5.44. The smallest absolute Gasteiger partial charge is 0.222 e. The highest BCUT2D eigenvalue weighted by Gasteiger charge is 2.38. The van der Waals surface area contributed by atoms with E-state index in [1.165, 1.54) is 0 Å². The van der Waals surface area contributed by atoms with Crippen LogP contribution in [0.15, 0.2) is 35.7 Å². The number of hydrogen-bond acceptors (Lipinski definition) is 5. The molecule has 2 amide bonds. The van der Waals surface area contributed by atoms with Gasteiger partial charge < -0.3 is 19.7 Å². The molecule has 1 aliphatic heterocycles. The highest BCUT2D eigenvalue weighted by molar-refractivity contribution is 7.09. The van der Waals surface area contributed by atoms with Crippen molar-refractivity contribution in [3.8, 4) is 11.5 Å². The van der Waals surface area contributed by atoms with E-state index in [1.54, 1.807) is 30.5 Å². The number of benzene rings is 1. The molecule has 0 spiro atoms. The predicted molar refractivity (Wildman–Crippen MR) is 113 cm³/mol. The molecule has 2 aromatic rings. The van der Waals surface area contributed by atoms with E-state index in [-0.39, 0.29) is 11.8 Å². The van der Waals surface area contributed by atoms with Gasteiger partial charge in [0.2, 0.25) is 11.8 Å². The van der Waals surface area contributed by atoms with Crippen molar-refractivity contribution >= 4 is 23.2 Å². The Bertz CT molecular complexity index is 853. The van der Waals surface area contributed by atoms with Crippen molar-refractivity contribution in [2.45, 2.75) is 44.2 Å². The van der Waals surface area contributed by atoms with Gasteiger partial charge >= 0.3 is 0 Å². The van der Waals surface area contributed by atoms with Crippen LogP contribution in [-0.4, -0.2) is 43.5 Å². The van der Waals surface area contributed by atoms with Gasteiger partial charge in [-0.2, -0.15) is 0 Å². The van der Waals surface area contributed by atoms with Gasteiger partial charge in [-0.3, -0.25) is 9.59 Å². The number of nitrogens with one attached hydrogen (secondary N) is 1. The monoisotopic (exact) mass is 416 g/mol. The maximum absolute atomic E-state index is 12.7. The van der Waals surface area contributed by atoms with Gasteiger partial charge in [0.25, 0.3) is 0 Å². The van der Waals surface area contributed by atoms with Crippen molar-refractivity contribution in [1.82, 2.24) is 10.2 Å². The Hall–Kier alpha value is -2.54. The maximum Gasteiger partial charge on any atom is 0.222 e. The van der Waals surface area contributed by atoms with Crippen molar-refractivity contribution in [2.75, 3.05) is 21.3 Å². The van der Waals surface area contributed by atoms with Gasteiger partial charge in [-0.15, -0.1) is 11.3 Å². The van der Waals surface area contributed by atoms with Gasteiger partial charge in [0, 0.05) is 30.3 Å². The van der Waals surface area contributed by atoms with Crippen LogP contribution in [-0.2, 0) is 22.6 Å². The average Bonchev–Trinajstić information content (AvgIpc) is 3.36. The van der Waals surface area contributed by atoms with Crippen molar-refractivity contribution in [2.24, 2.45) is 0 Å². The molecule has 1 N–H and O–H groups in total. The van der Waals surface area contributed by atoms with E-state index in [2.05, 4.69) is 5.32 Å². The van der Waals surface area contributed by atoms with Crippen LogP contribution in [0.3, 0.4) is 0 Å². The molecule has 0 unspecified atom stereocenters. The summed E-state index contributed by atoms with van der Waals surface area (Å²) >= 11 is 1.65. The number of ether oxygens (including phenoxy) is 2. The molecule has 1 fully saturated rings. The molecule has 1 aromatic heterocycles. The van der Waals surface area contributed by atoms with Crippen LogP contribution in [0.25, 0.3) is 0 Å². The topological polar surface area (TPSA) is 67.9 Å². The van der Waals surface area contributed by atoms with Gasteiger partial charge in [0.15, 0.2) is 11.5 Å². The lowest BCUT2D eigenvalue weighted by Gasteiger charge is -2.30. The third-order valence-corrected chi connectivity index (χ3v) is 6.30. The molecule has 29 heavy (non-hydrogen) atoms. The zero-order valence-electron chi connectivity index (χ0n) is 17.2. The van der Waals surface area contributed by atoms with E-state index < -0.39 is 5.54 Å². The summed E-state index contributed by atoms with van der Waals surface area (Å²) in [7, 11) is 5.04. The molecule has 1 aliphatic rings. The molecule has 0 radical (unpaired) electrons. The van der Waals surface area contributed by atoms with Crippen LogP contribution in [0, 0.1) is 0 Å². The van der Waals surface area contributed by atoms with Crippen molar-refractivity contribution in [3.63, 3.8) is 0 Å². The highest BCUT2D eigenvalue weighted by atomic mass is 32.1. The largest absolute Gasteiger partial charge is 0.493 e. The minimum Gasteiger partial charge on any atom is -0.493 e. The lowest BCUT2D eigenvalue weighted by molar-refractivity contribution is -0.131. The van der Waals surface area contributed by atoms with Crippen molar-refractivity contribution in [3.05, 3.63) is 46.2 Å².